The Bertz CT molecular complexity index is 1000. The number of amides is 1. The molecule has 0 bridgehead atoms. The van der Waals surface area contributed by atoms with Crippen LogP contribution in [0.3, 0.4) is 0 Å². The summed E-state index contributed by atoms with van der Waals surface area (Å²) in [7, 11) is -2.14. The quantitative estimate of drug-likeness (QED) is 0.653. The van der Waals surface area contributed by atoms with Gasteiger partial charge in [0.1, 0.15) is 0 Å². The van der Waals surface area contributed by atoms with Crippen molar-refractivity contribution in [1.29, 1.82) is 0 Å². The predicted molar refractivity (Wildman–Crippen MR) is 111 cm³/mol. The molecule has 1 aliphatic heterocycles. The topological polar surface area (TPSA) is 74.8 Å². The summed E-state index contributed by atoms with van der Waals surface area (Å²) in [6, 6.07) is 14.1. The molecule has 1 aliphatic rings. The molecule has 0 spiro atoms. The second kappa shape index (κ2) is 8.88. The molecule has 154 valence electrons. The summed E-state index contributed by atoms with van der Waals surface area (Å²) in [6.07, 6.45) is 1.62. The highest BCUT2D eigenvalue weighted by molar-refractivity contribution is 7.89. The molecule has 0 unspecified atom stereocenters. The third kappa shape index (κ3) is 4.92. The average molecular weight is 415 g/mol. The monoisotopic (exact) mass is 414 g/mol. The summed E-state index contributed by atoms with van der Waals surface area (Å²) in [6.45, 7) is 3.01. The van der Waals surface area contributed by atoms with Crippen molar-refractivity contribution in [2.45, 2.75) is 37.6 Å². The molecule has 3 rings (SSSR count). The van der Waals surface area contributed by atoms with Gasteiger partial charge in [0.2, 0.25) is 15.9 Å². The molecule has 6 nitrogen and oxygen atoms in total. The third-order valence-corrected chi connectivity index (χ3v) is 7.19. The van der Waals surface area contributed by atoms with Crippen molar-refractivity contribution < 1.29 is 18.0 Å². The summed E-state index contributed by atoms with van der Waals surface area (Å²) < 4.78 is 26.6. The van der Waals surface area contributed by atoms with E-state index in [0.717, 1.165) is 6.42 Å². The maximum Gasteiger partial charge on any atom is 0.242 e. The van der Waals surface area contributed by atoms with Crippen molar-refractivity contribution in [3.63, 3.8) is 0 Å². The molecular weight excluding hydrogens is 388 g/mol. The lowest BCUT2D eigenvalue weighted by atomic mass is 9.99. The molecule has 7 heteroatoms. The molecule has 2 aromatic rings. The lowest BCUT2D eigenvalue weighted by Crippen LogP contribution is -2.36. The van der Waals surface area contributed by atoms with Crippen LogP contribution in [0, 0.1) is 0 Å². The molecule has 0 saturated heterocycles. The maximum atomic E-state index is 12.7. The molecule has 0 saturated carbocycles. The van der Waals surface area contributed by atoms with Gasteiger partial charge in [0.15, 0.2) is 5.78 Å². The molecule has 0 radical (unpaired) electrons. The smallest absolute Gasteiger partial charge is 0.242 e. The van der Waals surface area contributed by atoms with Crippen molar-refractivity contribution in [3.8, 4) is 0 Å². The highest BCUT2D eigenvalue weighted by Crippen LogP contribution is 2.20. The van der Waals surface area contributed by atoms with Crippen LogP contribution in [0.25, 0.3) is 0 Å². The minimum absolute atomic E-state index is 0.0520. The van der Waals surface area contributed by atoms with E-state index in [9.17, 15) is 18.0 Å². The number of benzene rings is 2. The number of Topliss-reactive ketones (excluding diaryl/α,β-unsaturated/α-hetero) is 1. The minimum Gasteiger partial charge on any atom is -0.338 e. The maximum absolute atomic E-state index is 12.7. The van der Waals surface area contributed by atoms with E-state index in [1.54, 1.807) is 0 Å². The summed E-state index contributed by atoms with van der Waals surface area (Å²) in [4.78, 5) is 25.9. The van der Waals surface area contributed by atoms with Crippen LogP contribution in [0.15, 0.2) is 53.4 Å². The third-order valence-electron chi connectivity index (χ3n) is 5.32. The number of hydrogen-bond donors (Lipinski definition) is 0. The van der Waals surface area contributed by atoms with Crippen LogP contribution in [-0.4, -0.2) is 49.5 Å². The molecule has 0 fully saturated rings. The van der Waals surface area contributed by atoms with E-state index in [1.165, 1.54) is 53.7 Å². The van der Waals surface area contributed by atoms with Gasteiger partial charge >= 0.3 is 0 Å². The van der Waals surface area contributed by atoms with Crippen molar-refractivity contribution in [2.75, 3.05) is 20.1 Å². The highest BCUT2D eigenvalue weighted by Gasteiger charge is 2.23. The standard InChI is InChI=1S/C22H26N2O4S/c1-17(25)18-9-11-21(12-10-18)29(27,28)23(2)14-5-8-22(26)24-15-13-19-6-3-4-7-20(19)16-24/h3-4,6-7,9-12H,5,8,13-16H2,1-2H3. The lowest BCUT2D eigenvalue weighted by Gasteiger charge is -2.29. The van der Waals surface area contributed by atoms with Gasteiger partial charge in [-0.15, -0.1) is 0 Å². The summed E-state index contributed by atoms with van der Waals surface area (Å²) >= 11 is 0. The first-order chi connectivity index (χ1) is 13.8. The average Bonchev–Trinajstić information content (AvgIpc) is 2.73. The van der Waals surface area contributed by atoms with Crippen LogP contribution in [0.5, 0.6) is 0 Å². The Hall–Kier alpha value is -2.51. The van der Waals surface area contributed by atoms with Crippen LogP contribution in [0.2, 0.25) is 0 Å². The molecular formula is C22H26N2O4S. The van der Waals surface area contributed by atoms with Crippen LogP contribution < -0.4 is 0 Å². The Balaban J connectivity index is 1.53. The summed E-state index contributed by atoms with van der Waals surface area (Å²) in [5.74, 6) is -0.0581. The Kier molecular flexibility index (Phi) is 6.49. The van der Waals surface area contributed by atoms with Gasteiger partial charge in [0, 0.05) is 38.7 Å². The summed E-state index contributed by atoms with van der Waals surface area (Å²) in [5, 5.41) is 0. The van der Waals surface area contributed by atoms with E-state index < -0.39 is 10.0 Å². The number of fused-ring (bicyclic) bond motifs is 1. The molecule has 0 N–H and O–H groups in total. The van der Waals surface area contributed by atoms with Gasteiger partial charge in [-0.3, -0.25) is 9.59 Å². The normalized spacial score (nSPS) is 14.0. The number of nitrogens with zero attached hydrogens (tertiary/aromatic N) is 2. The van der Waals surface area contributed by atoms with E-state index in [4.69, 9.17) is 0 Å². The van der Waals surface area contributed by atoms with Crippen LogP contribution in [-0.2, 0) is 27.8 Å². The number of carbonyl (C=O) groups excluding carboxylic acids is 2. The number of sulfonamides is 1. The fourth-order valence-corrected chi connectivity index (χ4v) is 4.69. The van der Waals surface area contributed by atoms with Gasteiger partial charge in [-0.25, -0.2) is 12.7 Å². The van der Waals surface area contributed by atoms with Crippen molar-refractivity contribution in [1.82, 2.24) is 9.21 Å². The fourth-order valence-electron chi connectivity index (χ4n) is 3.48. The summed E-state index contributed by atoms with van der Waals surface area (Å²) in [5.41, 5.74) is 2.94. The number of ketones is 1. The first-order valence-corrected chi connectivity index (χ1v) is 11.1. The minimum atomic E-state index is -3.65. The van der Waals surface area contributed by atoms with Crippen molar-refractivity contribution in [2.24, 2.45) is 0 Å². The zero-order chi connectivity index (χ0) is 21.0. The van der Waals surface area contributed by atoms with Gasteiger partial charge in [-0.2, -0.15) is 0 Å². The fraction of sp³-hybridized carbons (Fsp3) is 0.364. The zero-order valence-corrected chi connectivity index (χ0v) is 17.6. The van der Waals surface area contributed by atoms with Gasteiger partial charge in [-0.1, -0.05) is 36.4 Å². The van der Waals surface area contributed by atoms with Gasteiger partial charge in [0.25, 0.3) is 0 Å². The molecule has 2 aromatic carbocycles. The number of hydrogen-bond acceptors (Lipinski definition) is 4. The van der Waals surface area contributed by atoms with Crippen molar-refractivity contribution >= 4 is 21.7 Å². The van der Waals surface area contributed by atoms with Gasteiger partial charge in [0.05, 0.1) is 4.90 Å². The Morgan fingerprint density at radius 1 is 1.03 bits per heavy atom. The van der Waals surface area contributed by atoms with E-state index in [2.05, 4.69) is 6.07 Å². The zero-order valence-electron chi connectivity index (χ0n) is 16.8. The molecule has 0 aliphatic carbocycles. The Morgan fingerprint density at radius 2 is 1.69 bits per heavy atom. The molecule has 0 aromatic heterocycles. The van der Waals surface area contributed by atoms with E-state index in [0.29, 0.717) is 31.5 Å². The van der Waals surface area contributed by atoms with Crippen LogP contribution in [0.1, 0.15) is 41.3 Å². The molecule has 1 heterocycles. The van der Waals surface area contributed by atoms with Crippen molar-refractivity contribution in [3.05, 3.63) is 65.2 Å². The lowest BCUT2D eigenvalue weighted by molar-refractivity contribution is -0.132. The van der Waals surface area contributed by atoms with E-state index in [1.807, 2.05) is 23.1 Å². The molecule has 0 atom stereocenters. The SMILES string of the molecule is CC(=O)c1ccc(S(=O)(=O)N(C)CCCC(=O)N2CCc3ccccc3C2)cc1. The van der Waals surface area contributed by atoms with E-state index >= 15 is 0 Å². The van der Waals surface area contributed by atoms with Gasteiger partial charge < -0.3 is 4.90 Å². The van der Waals surface area contributed by atoms with E-state index in [-0.39, 0.29) is 23.1 Å². The second-order valence-corrected chi connectivity index (χ2v) is 9.39. The largest absolute Gasteiger partial charge is 0.338 e. The van der Waals surface area contributed by atoms with Crippen LogP contribution >= 0.6 is 0 Å². The highest BCUT2D eigenvalue weighted by atomic mass is 32.2. The number of rotatable bonds is 7. The first kappa shape index (κ1) is 21.2. The second-order valence-electron chi connectivity index (χ2n) is 7.34. The Morgan fingerprint density at radius 3 is 2.34 bits per heavy atom. The first-order valence-electron chi connectivity index (χ1n) is 9.71. The van der Waals surface area contributed by atoms with Crippen LogP contribution in [0.4, 0.5) is 0 Å². The Labute approximate surface area is 172 Å². The molecule has 29 heavy (non-hydrogen) atoms. The van der Waals surface area contributed by atoms with Gasteiger partial charge in [-0.05, 0) is 43.0 Å². The number of carbonyl (C=O) groups is 2. The predicted octanol–water partition coefficient (Wildman–Crippen LogP) is 2.87. The molecule has 1 amide bonds.